The molecule has 2 atom stereocenters. The van der Waals surface area contributed by atoms with Gasteiger partial charge in [-0.25, -0.2) is 24.2 Å². The van der Waals surface area contributed by atoms with Crippen LogP contribution in [-0.2, 0) is 9.59 Å². The first-order valence-electron chi connectivity index (χ1n) is 13.7. The summed E-state index contributed by atoms with van der Waals surface area (Å²) in [5.74, 6) is 0.806. The topological polar surface area (TPSA) is 186 Å². The molecule has 2 unspecified atom stereocenters. The van der Waals surface area contributed by atoms with E-state index in [-0.39, 0.29) is 24.1 Å². The molecule has 0 saturated carbocycles. The van der Waals surface area contributed by atoms with Gasteiger partial charge in [0.05, 0.1) is 11.4 Å². The Hall–Kier alpha value is -4.85. The van der Waals surface area contributed by atoms with Crippen molar-refractivity contribution in [2.45, 2.75) is 31.3 Å². The molecule has 13 nitrogen and oxygen atoms in total. The van der Waals surface area contributed by atoms with Crippen LogP contribution < -0.4 is 15.8 Å². The van der Waals surface area contributed by atoms with Crippen LogP contribution in [0.15, 0.2) is 60.9 Å². The molecule has 2 aromatic carbocycles. The number of ether oxygens (including phenoxy) is 1. The Morgan fingerprint density at radius 2 is 1.81 bits per heavy atom. The minimum atomic E-state index is -1.40. The molecule has 2 aromatic heterocycles. The number of anilines is 1. The van der Waals surface area contributed by atoms with E-state index in [2.05, 4.69) is 9.97 Å². The smallest absolute Gasteiger partial charge is 0.405 e. The second-order valence-electron chi connectivity index (χ2n) is 9.99. The van der Waals surface area contributed by atoms with E-state index in [1.807, 2.05) is 64.6 Å². The molecule has 5 N–H and O–H groups in total. The Labute approximate surface area is 251 Å². The highest BCUT2D eigenvalue weighted by Gasteiger charge is 2.29. The van der Waals surface area contributed by atoms with Crippen molar-refractivity contribution in [3.05, 3.63) is 60.9 Å². The number of para-hydroxylation sites is 1. The zero-order valence-corrected chi connectivity index (χ0v) is 23.9. The van der Waals surface area contributed by atoms with Gasteiger partial charge in [0.25, 0.3) is 0 Å². The Bertz CT molecular complexity index is 1600. The van der Waals surface area contributed by atoms with Gasteiger partial charge >= 0.3 is 12.1 Å². The van der Waals surface area contributed by atoms with Crippen molar-refractivity contribution in [1.82, 2.24) is 30.0 Å². The van der Waals surface area contributed by atoms with Crippen LogP contribution in [0.1, 0.15) is 25.3 Å². The number of nitrogen functional groups attached to an aromatic ring is 1. The molecule has 2 amide bonds. The molecule has 5 rings (SSSR count). The van der Waals surface area contributed by atoms with Crippen LogP contribution in [-0.4, -0.2) is 83.5 Å². The van der Waals surface area contributed by atoms with E-state index >= 15 is 0 Å². The van der Waals surface area contributed by atoms with Crippen molar-refractivity contribution in [3.8, 4) is 22.8 Å². The normalized spacial score (nSPS) is 15.6. The van der Waals surface area contributed by atoms with E-state index in [0.29, 0.717) is 47.1 Å². The number of nitrogens with one attached hydrogen (secondary N) is 1. The first-order valence-corrected chi connectivity index (χ1v) is 14.9. The van der Waals surface area contributed by atoms with Gasteiger partial charge in [-0.3, -0.25) is 4.79 Å². The standard InChI is InChI=1S/C29H31N7O6S/c30-26-24-25(18-8-10-21(11-9-18)42-20-6-2-1-3-7-20)34-36(27(24)32-17-31-26)19-5-4-13-35(15-19)23(37)12-14-43-16-22(28(38)39)33-29(40)41/h1-3,6-11,17,19,22,33H,4-5,12-16H2,(H,38,39)(H,40,41)(H2,30,31,32). The van der Waals surface area contributed by atoms with E-state index in [9.17, 15) is 14.4 Å². The maximum atomic E-state index is 13.0. The molecule has 224 valence electrons. The minimum absolute atomic E-state index is 0.0279. The molecular weight excluding hydrogens is 574 g/mol. The van der Waals surface area contributed by atoms with Crippen molar-refractivity contribution in [2.24, 2.45) is 0 Å². The van der Waals surface area contributed by atoms with Gasteiger partial charge < -0.3 is 30.9 Å². The number of aromatic nitrogens is 4. The van der Waals surface area contributed by atoms with Crippen LogP contribution in [0.4, 0.5) is 10.6 Å². The minimum Gasteiger partial charge on any atom is -0.480 e. The Kier molecular flexibility index (Phi) is 9.25. The molecule has 1 saturated heterocycles. The number of rotatable bonds is 11. The van der Waals surface area contributed by atoms with Crippen molar-refractivity contribution in [1.29, 1.82) is 0 Å². The van der Waals surface area contributed by atoms with E-state index in [1.54, 1.807) is 4.90 Å². The Balaban J connectivity index is 1.28. The van der Waals surface area contributed by atoms with Crippen LogP contribution in [0.25, 0.3) is 22.3 Å². The summed E-state index contributed by atoms with van der Waals surface area (Å²) >= 11 is 1.22. The number of amides is 2. The molecule has 0 aliphatic carbocycles. The number of likely N-dealkylation sites (tertiary alicyclic amines) is 1. The lowest BCUT2D eigenvalue weighted by Gasteiger charge is -2.33. The molecule has 0 bridgehead atoms. The van der Waals surface area contributed by atoms with Gasteiger partial charge in [-0.05, 0) is 49.2 Å². The Morgan fingerprint density at radius 1 is 1.07 bits per heavy atom. The van der Waals surface area contributed by atoms with Gasteiger partial charge in [-0.1, -0.05) is 18.2 Å². The molecule has 1 aliphatic heterocycles. The lowest BCUT2D eigenvalue weighted by molar-refractivity contribution is -0.138. The lowest BCUT2D eigenvalue weighted by atomic mass is 10.1. The number of carbonyl (C=O) groups is 3. The number of hydrogen-bond donors (Lipinski definition) is 4. The van der Waals surface area contributed by atoms with Gasteiger partial charge in [-0.2, -0.15) is 16.9 Å². The summed E-state index contributed by atoms with van der Waals surface area (Å²) in [5.41, 5.74) is 8.36. The third-order valence-corrected chi connectivity index (χ3v) is 8.12. The number of piperidine rings is 1. The Morgan fingerprint density at radius 3 is 2.53 bits per heavy atom. The molecule has 0 radical (unpaired) electrons. The summed E-state index contributed by atoms with van der Waals surface area (Å²) < 4.78 is 7.75. The van der Waals surface area contributed by atoms with E-state index in [4.69, 9.17) is 25.8 Å². The third-order valence-electron chi connectivity index (χ3n) is 7.06. The number of benzene rings is 2. The first kappa shape index (κ1) is 29.6. The number of carbonyl (C=O) groups excluding carboxylic acids is 1. The highest BCUT2D eigenvalue weighted by atomic mass is 32.2. The monoisotopic (exact) mass is 605 g/mol. The number of carboxylic acid groups (broad SMARTS) is 2. The average Bonchev–Trinajstić information content (AvgIpc) is 3.40. The number of aliphatic carboxylic acids is 1. The summed E-state index contributed by atoms with van der Waals surface area (Å²) in [6, 6.07) is 15.7. The third kappa shape index (κ3) is 7.15. The second-order valence-corrected chi connectivity index (χ2v) is 11.1. The van der Waals surface area contributed by atoms with Crippen LogP contribution in [0.2, 0.25) is 0 Å². The van der Waals surface area contributed by atoms with E-state index in [1.165, 1.54) is 18.1 Å². The van der Waals surface area contributed by atoms with Crippen LogP contribution in [0.3, 0.4) is 0 Å². The highest BCUT2D eigenvalue weighted by Crippen LogP contribution is 2.35. The second kappa shape index (κ2) is 13.4. The summed E-state index contributed by atoms with van der Waals surface area (Å²) in [5, 5.41) is 25.5. The summed E-state index contributed by atoms with van der Waals surface area (Å²) in [4.78, 5) is 45.5. The van der Waals surface area contributed by atoms with Gasteiger partial charge in [-0.15, -0.1) is 0 Å². The number of fused-ring (bicyclic) bond motifs is 1. The first-order chi connectivity index (χ1) is 20.8. The number of nitrogens with two attached hydrogens (primary N) is 1. The zero-order chi connectivity index (χ0) is 30.3. The van der Waals surface area contributed by atoms with Gasteiger partial charge in [0, 0.05) is 36.6 Å². The van der Waals surface area contributed by atoms with Crippen molar-refractivity contribution in [2.75, 3.05) is 30.3 Å². The summed E-state index contributed by atoms with van der Waals surface area (Å²) in [7, 11) is 0. The van der Waals surface area contributed by atoms with Crippen LogP contribution in [0, 0.1) is 0 Å². The quantitative estimate of drug-likeness (QED) is 0.182. The number of thioether (sulfide) groups is 1. The van der Waals surface area contributed by atoms with Gasteiger partial charge in [0.15, 0.2) is 5.65 Å². The van der Waals surface area contributed by atoms with Crippen molar-refractivity contribution < 1.29 is 29.3 Å². The van der Waals surface area contributed by atoms with Gasteiger partial charge in [0.1, 0.15) is 35.4 Å². The summed E-state index contributed by atoms with van der Waals surface area (Å²) in [6.07, 6.45) is 1.77. The van der Waals surface area contributed by atoms with Crippen molar-refractivity contribution >= 4 is 46.6 Å². The molecule has 1 aliphatic rings. The lowest BCUT2D eigenvalue weighted by Crippen LogP contribution is -2.42. The molecule has 4 aromatic rings. The number of hydrogen-bond acceptors (Lipinski definition) is 9. The fourth-order valence-corrected chi connectivity index (χ4v) is 5.93. The van der Waals surface area contributed by atoms with E-state index < -0.39 is 18.1 Å². The molecule has 14 heteroatoms. The molecule has 43 heavy (non-hydrogen) atoms. The maximum absolute atomic E-state index is 13.0. The van der Waals surface area contributed by atoms with Crippen molar-refractivity contribution in [3.63, 3.8) is 0 Å². The predicted molar refractivity (Wildman–Crippen MR) is 161 cm³/mol. The maximum Gasteiger partial charge on any atom is 0.405 e. The average molecular weight is 606 g/mol. The molecule has 1 fully saturated rings. The number of nitrogens with zero attached hydrogens (tertiary/aromatic N) is 5. The SMILES string of the molecule is Nc1ncnc2c1c(-c1ccc(Oc3ccccc3)cc1)nn2C1CCCN(C(=O)CCSCC(NC(=O)O)C(=O)O)C1. The van der Waals surface area contributed by atoms with Crippen LogP contribution in [0.5, 0.6) is 11.5 Å². The van der Waals surface area contributed by atoms with Crippen LogP contribution >= 0.6 is 11.8 Å². The predicted octanol–water partition coefficient (Wildman–Crippen LogP) is 3.88. The molecule has 0 spiro atoms. The fourth-order valence-electron chi connectivity index (χ4n) is 4.98. The summed E-state index contributed by atoms with van der Waals surface area (Å²) in [6.45, 7) is 1.04. The van der Waals surface area contributed by atoms with E-state index in [0.717, 1.165) is 24.2 Å². The molecule has 3 heterocycles. The van der Waals surface area contributed by atoms with Gasteiger partial charge in [0.2, 0.25) is 5.91 Å². The fraction of sp³-hybridized carbons (Fsp3) is 0.310. The highest BCUT2D eigenvalue weighted by molar-refractivity contribution is 7.99. The zero-order valence-electron chi connectivity index (χ0n) is 23.1. The largest absolute Gasteiger partial charge is 0.480 e. The number of carboxylic acids is 1. The molecular formula is C29H31N7O6S.